The van der Waals surface area contributed by atoms with Crippen LogP contribution in [0.4, 0.5) is 0 Å². The third-order valence-electron chi connectivity index (χ3n) is 4.68. The van der Waals surface area contributed by atoms with Gasteiger partial charge < -0.3 is 19.2 Å². The fraction of sp³-hybridized carbons (Fsp3) is 0.381. The van der Waals surface area contributed by atoms with Gasteiger partial charge in [0, 0.05) is 12.6 Å². The molecule has 30 heavy (non-hydrogen) atoms. The molecule has 9 heteroatoms. The van der Waals surface area contributed by atoms with E-state index in [1.165, 1.54) is 16.3 Å². The number of aromatic nitrogens is 2. The molecule has 1 aliphatic rings. The molecule has 0 aliphatic carbocycles. The van der Waals surface area contributed by atoms with Gasteiger partial charge in [0.05, 0.1) is 29.5 Å². The highest BCUT2D eigenvalue weighted by atomic mass is 32.2. The highest BCUT2D eigenvalue weighted by Gasteiger charge is 2.20. The van der Waals surface area contributed by atoms with E-state index in [0.29, 0.717) is 45.8 Å². The Morgan fingerprint density at radius 2 is 2.10 bits per heavy atom. The van der Waals surface area contributed by atoms with Gasteiger partial charge in [-0.2, -0.15) is 0 Å². The van der Waals surface area contributed by atoms with Crippen molar-refractivity contribution < 1.29 is 18.7 Å². The topological polar surface area (TPSA) is 95.6 Å². The molecule has 3 heterocycles. The van der Waals surface area contributed by atoms with Crippen molar-refractivity contribution in [3.05, 3.63) is 46.6 Å². The van der Waals surface area contributed by atoms with E-state index < -0.39 is 0 Å². The largest absolute Gasteiger partial charge is 0.467 e. The molecule has 0 bridgehead atoms. The van der Waals surface area contributed by atoms with Gasteiger partial charge in [-0.15, -0.1) is 0 Å². The minimum Gasteiger partial charge on any atom is -0.467 e. The van der Waals surface area contributed by atoms with Crippen LogP contribution in [0, 0.1) is 5.92 Å². The van der Waals surface area contributed by atoms with E-state index in [9.17, 15) is 9.59 Å². The first-order valence-corrected chi connectivity index (χ1v) is 10.8. The molecular weight excluding hydrogens is 406 g/mol. The Kier molecular flexibility index (Phi) is 5.98. The summed E-state index contributed by atoms with van der Waals surface area (Å²) in [6, 6.07) is 6.91. The van der Waals surface area contributed by atoms with Gasteiger partial charge in [-0.05, 0) is 30.5 Å². The van der Waals surface area contributed by atoms with Gasteiger partial charge in [0.2, 0.25) is 12.7 Å². The van der Waals surface area contributed by atoms with Crippen LogP contribution in [0.15, 0.2) is 44.9 Å². The average Bonchev–Trinajstić information content (AvgIpc) is 3.38. The van der Waals surface area contributed by atoms with E-state index in [4.69, 9.17) is 13.9 Å². The highest BCUT2D eigenvalue weighted by Crippen LogP contribution is 2.35. The first-order chi connectivity index (χ1) is 14.5. The minimum absolute atomic E-state index is 0.0924. The van der Waals surface area contributed by atoms with Crippen LogP contribution >= 0.6 is 11.8 Å². The van der Waals surface area contributed by atoms with Crippen LogP contribution < -0.4 is 20.3 Å². The molecule has 8 nitrogen and oxygen atoms in total. The maximum atomic E-state index is 13.2. The number of benzene rings is 1. The number of carbonyl (C=O) groups is 1. The van der Waals surface area contributed by atoms with Crippen LogP contribution in [-0.4, -0.2) is 34.5 Å². The van der Waals surface area contributed by atoms with Gasteiger partial charge in [-0.1, -0.05) is 25.6 Å². The van der Waals surface area contributed by atoms with Crippen molar-refractivity contribution >= 4 is 28.6 Å². The SMILES string of the molecule is CC(C)CCNC(=O)CSc1nc2cc3c(cc2c(=O)n1Cc1ccco1)OCO3. The Balaban J connectivity index is 1.63. The van der Waals surface area contributed by atoms with Crippen LogP contribution in [-0.2, 0) is 11.3 Å². The summed E-state index contributed by atoms with van der Waals surface area (Å²) in [6.07, 6.45) is 2.48. The maximum Gasteiger partial charge on any atom is 0.262 e. The van der Waals surface area contributed by atoms with Crippen LogP contribution in [0.5, 0.6) is 11.5 Å². The number of hydrogen-bond donors (Lipinski definition) is 1. The van der Waals surface area contributed by atoms with Gasteiger partial charge in [0.1, 0.15) is 5.76 Å². The lowest BCUT2D eigenvalue weighted by atomic mass is 10.1. The molecule has 4 rings (SSSR count). The molecule has 158 valence electrons. The fourth-order valence-corrected chi connectivity index (χ4v) is 3.91. The summed E-state index contributed by atoms with van der Waals surface area (Å²) in [5.74, 6) is 2.30. The monoisotopic (exact) mass is 429 g/mol. The zero-order chi connectivity index (χ0) is 21.1. The molecule has 1 N–H and O–H groups in total. The number of furan rings is 1. The van der Waals surface area contributed by atoms with Gasteiger partial charge in [-0.3, -0.25) is 14.2 Å². The van der Waals surface area contributed by atoms with Gasteiger partial charge >= 0.3 is 0 Å². The fourth-order valence-electron chi connectivity index (χ4n) is 3.08. The lowest BCUT2D eigenvalue weighted by molar-refractivity contribution is -0.118. The summed E-state index contributed by atoms with van der Waals surface area (Å²) in [6.45, 7) is 5.19. The van der Waals surface area contributed by atoms with E-state index in [1.807, 2.05) is 0 Å². The molecule has 1 aliphatic heterocycles. The molecule has 0 radical (unpaired) electrons. The Bertz CT molecular complexity index is 1110. The van der Waals surface area contributed by atoms with Crippen molar-refractivity contribution in [2.24, 2.45) is 5.92 Å². The second-order valence-corrected chi connectivity index (χ2v) is 8.35. The molecule has 0 saturated carbocycles. The number of nitrogens with zero attached hydrogens (tertiary/aromatic N) is 2. The minimum atomic E-state index is -0.225. The van der Waals surface area contributed by atoms with Crippen molar-refractivity contribution in [1.82, 2.24) is 14.9 Å². The Hall–Kier alpha value is -2.94. The van der Waals surface area contributed by atoms with E-state index in [-0.39, 0.29) is 30.6 Å². The van der Waals surface area contributed by atoms with Crippen molar-refractivity contribution in [1.29, 1.82) is 0 Å². The number of hydrogen-bond acceptors (Lipinski definition) is 7. The number of amides is 1. The standard InChI is InChI=1S/C21H23N3O5S/c1-13(2)5-6-22-19(25)11-30-21-23-16-9-18-17(28-12-29-18)8-15(16)20(26)24(21)10-14-4-3-7-27-14/h3-4,7-9,13H,5-6,10-12H2,1-2H3,(H,22,25). The van der Waals surface area contributed by atoms with Crippen LogP contribution in [0.3, 0.4) is 0 Å². The second kappa shape index (κ2) is 8.83. The van der Waals surface area contributed by atoms with Gasteiger partial charge in [0.15, 0.2) is 16.7 Å². The summed E-state index contributed by atoms with van der Waals surface area (Å²) in [7, 11) is 0. The number of ether oxygens (including phenoxy) is 2. The summed E-state index contributed by atoms with van der Waals surface area (Å²) < 4.78 is 17.7. The van der Waals surface area contributed by atoms with E-state index in [0.717, 1.165) is 6.42 Å². The Labute approximate surface area is 177 Å². The molecular formula is C21H23N3O5S. The van der Waals surface area contributed by atoms with Crippen LogP contribution in [0.25, 0.3) is 10.9 Å². The normalized spacial score (nSPS) is 12.6. The molecule has 0 unspecified atom stereocenters. The van der Waals surface area contributed by atoms with Gasteiger partial charge in [0.25, 0.3) is 5.56 Å². The molecule has 0 atom stereocenters. The molecule has 3 aromatic rings. The van der Waals surface area contributed by atoms with Crippen molar-refractivity contribution in [3.63, 3.8) is 0 Å². The quantitative estimate of drug-likeness (QED) is 0.434. The van der Waals surface area contributed by atoms with E-state index in [2.05, 4.69) is 24.1 Å². The molecule has 1 amide bonds. The first kappa shape index (κ1) is 20.3. The average molecular weight is 429 g/mol. The zero-order valence-corrected chi connectivity index (χ0v) is 17.7. The summed E-state index contributed by atoms with van der Waals surface area (Å²) in [5.41, 5.74) is 0.278. The first-order valence-electron chi connectivity index (χ1n) is 9.77. The number of carbonyl (C=O) groups excluding carboxylic acids is 1. The predicted molar refractivity (Wildman–Crippen MR) is 113 cm³/mol. The maximum absolute atomic E-state index is 13.2. The van der Waals surface area contributed by atoms with Crippen LogP contribution in [0.1, 0.15) is 26.0 Å². The number of fused-ring (bicyclic) bond motifs is 2. The second-order valence-electron chi connectivity index (χ2n) is 7.41. The van der Waals surface area contributed by atoms with Gasteiger partial charge in [-0.25, -0.2) is 4.98 Å². The molecule has 1 aromatic carbocycles. The molecule has 0 saturated heterocycles. The predicted octanol–water partition coefficient (Wildman–Crippen LogP) is 3.02. The molecule has 0 spiro atoms. The lowest BCUT2D eigenvalue weighted by Crippen LogP contribution is -2.28. The smallest absolute Gasteiger partial charge is 0.262 e. The number of rotatable bonds is 8. The Morgan fingerprint density at radius 1 is 1.30 bits per heavy atom. The van der Waals surface area contributed by atoms with Crippen molar-refractivity contribution in [3.8, 4) is 11.5 Å². The van der Waals surface area contributed by atoms with E-state index >= 15 is 0 Å². The van der Waals surface area contributed by atoms with E-state index in [1.54, 1.807) is 30.5 Å². The summed E-state index contributed by atoms with van der Waals surface area (Å²) in [5, 5.41) is 3.78. The summed E-state index contributed by atoms with van der Waals surface area (Å²) in [4.78, 5) is 30.1. The third-order valence-corrected chi connectivity index (χ3v) is 5.66. The van der Waals surface area contributed by atoms with Crippen LogP contribution in [0.2, 0.25) is 0 Å². The molecule has 2 aromatic heterocycles. The zero-order valence-electron chi connectivity index (χ0n) is 16.8. The third kappa shape index (κ3) is 4.46. The number of nitrogens with one attached hydrogen (secondary N) is 1. The molecule has 0 fully saturated rings. The van der Waals surface area contributed by atoms with Crippen molar-refractivity contribution in [2.45, 2.75) is 32.0 Å². The number of thioether (sulfide) groups is 1. The van der Waals surface area contributed by atoms with Crippen molar-refractivity contribution in [2.75, 3.05) is 19.1 Å². The Morgan fingerprint density at radius 3 is 2.83 bits per heavy atom. The lowest BCUT2D eigenvalue weighted by Gasteiger charge is -2.13. The highest BCUT2D eigenvalue weighted by molar-refractivity contribution is 7.99. The summed E-state index contributed by atoms with van der Waals surface area (Å²) >= 11 is 1.22.